The molecule has 1 fully saturated rings. The van der Waals surface area contributed by atoms with Crippen molar-refractivity contribution < 1.29 is 9.59 Å². The number of amides is 2. The Morgan fingerprint density at radius 1 is 1.03 bits per heavy atom. The van der Waals surface area contributed by atoms with E-state index in [1.807, 2.05) is 36.1 Å². The summed E-state index contributed by atoms with van der Waals surface area (Å²) in [6, 6.07) is 22.2. The Kier molecular flexibility index (Phi) is 6.64. The maximum Gasteiger partial charge on any atom is 0.255 e. The number of benzene rings is 2. The van der Waals surface area contributed by atoms with Crippen molar-refractivity contribution in [2.45, 2.75) is 26.2 Å². The van der Waals surface area contributed by atoms with Gasteiger partial charge in [0.25, 0.3) is 5.91 Å². The number of likely N-dealkylation sites (tertiary alicyclic amines) is 1. The Hall–Kier alpha value is -3.47. The first-order chi connectivity index (χ1) is 15.6. The molecule has 1 N–H and O–H groups in total. The summed E-state index contributed by atoms with van der Waals surface area (Å²) in [5.41, 5.74) is 3.30. The molecule has 2 amide bonds. The van der Waals surface area contributed by atoms with Crippen LogP contribution in [0.2, 0.25) is 0 Å². The summed E-state index contributed by atoms with van der Waals surface area (Å²) in [5, 5.41) is 3.03. The summed E-state index contributed by atoms with van der Waals surface area (Å²) in [4.78, 5) is 32.3. The fourth-order valence-electron chi connectivity index (χ4n) is 4.62. The van der Waals surface area contributed by atoms with Gasteiger partial charge >= 0.3 is 0 Å². The van der Waals surface area contributed by atoms with E-state index >= 15 is 0 Å². The van der Waals surface area contributed by atoms with Crippen LogP contribution < -0.4 is 5.32 Å². The van der Waals surface area contributed by atoms with Crippen LogP contribution in [0.1, 0.15) is 35.7 Å². The van der Waals surface area contributed by atoms with Crippen LogP contribution in [0.15, 0.2) is 79.1 Å². The van der Waals surface area contributed by atoms with Crippen LogP contribution in [0.3, 0.4) is 0 Å². The summed E-state index contributed by atoms with van der Waals surface area (Å²) < 4.78 is 0. The average molecular weight is 428 g/mol. The molecular weight excluding hydrogens is 398 g/mol. The smallest absolute Gasteiger partial charge is 0.255 e. The maximum absolute atomic E-state index is 13.3. The van der Waals surface area contributed by atoms with Gasteiger partial charge in [0.1, 0.15) is 0 Å². The predicted octanol–water partition coefficient (Wildman–Crippen LogP) is 4.35. The zero-order valence-electron chi connectivity index (χ0n) is 18.5. The topological polar surface area (TPSA) is 62.3 Å². The molecule has 1 atom stereocenters. The quantitative estimate of drug-likeness (QED) is 0.636. The zero-order valence-corrected chi connectivity index (χ0v) is 18.5. The van der Waals surface area contributed by atoms with Gasteiger partial charge in [-0.15, -0.1) is 0 Å². The average Bonchev–Trinajstić information content (AvgIpc) is 2.85. The Balaban J connectivity index is 1.62. The molecule has 1 aromatic heterocycles. The number of hydrogen-bond donors (Lipinski definition) is 1. The molecule has 5 heteroatoms. The second kappa shape index (κ2) is 9.77. The van der Waals surface area contributed by atoms with Crippen LogP contribution in [-0.2, 0) is 11.2 Å². The van der Waals surface area contributed by atoms with Gasteiger partial charge in [-0.2, -0.15) is 0 Å². The molecule has 0 unspecified atom stereocenters. The number of pyridine rings is 1. The highest BCUT2D eigenvalue weighted by atomic mass is 16.2. The summed E-state index contributed by atoms with van der Waals surface area (Å²) in [6.45, 7) is 3.56. The second-order valence-corrected chi connectivity index (χ2v) is 8.45. The Labute approximate surface area is 189 Å². The summed E-state index contributed by atoms with van der Waals surface area (Å²) in [7, 11) is 0. The third kappa shape index (κ3) is 4.72. The molecule has 0 spiro atoms. The Bertz CT molecular complexity index is 1070. The van der Waals surface area contributed by atoms with Crippen molar-refractivity contribution in [1.29, 1.82) is 0 Å². The van der Waals surface area contributed by atoms with Gasteiger partial charge in [-0.1, -0.05) is 54.6 Å². The van der Waals surface area contributed by atoms with Gasteiger partial charge in [0.05, 0.1) is 11.0 Å². The molecule has 3 aromatic rings. The van der Waals surface area contributed by atoms with Crippen molar-refractivity contribution in [3.63, 3.8) is 0 Å². The lowest BCUT2D eigenvalue weighted by molar-refractivity contribution is -0.133. The molecule has 1 saturated heterocycles. The number of nitrogens with one attached hydrogen (secondary N) is 1. The van der Waals surface area contributed by atoms with Crippen molar-refractivity contribution >= 4 is 11.8 Å². The van der Waals surface area contributed by atoms with Crippen LogP contribution in [0, 0.1) is 5.41 Å². The highest BCUT2D eigenvalue weighted by Gasteiger charge is 2.43. The van der Waals surface area contributed by atoms with Gasteiger partial charge in [0, 0.05) is 32.0 Å². The molecule has 1 aliphatic rings. The molecule has 1 aliphatic heterocycles. The number of rotatable bonds is 6. The molecule has 4 rings (SSSR count). The molecule has 5 nitrogen and oxygen atoms in total. The zero-order chi connectivity index (χ0) is 22.4. The van der Waals surface area contributed by atoms with Crippen LogP contribution in [0.25, 0.3) is 11.1 Å². The number of piperidine rings is 1. The third-order valence-corrected chi connectivity index (χ3v) is 6.17. The van der Waals surface area contributed by atoms with Crippen molar-refractivity contribution in [3.05, 3.63) is 90.3 Å². The maximum atomic E-state index is 13.3. The molecule has 32 heavy (non-hydrogen) atoms. The number of carbonyl (C=O) groups excluding carboxylic acids is 2. The minimum Gasteiger partial charge on any atom is -0.356 e. The molecule has 2 aromatic carbocycles. The molecule has 164 valence electrons. The molecule has 2 heterocycles. The first kappa shape index (κ1) is 21.8. The highest BCUT2D eigenvalue weighted by molar-refractivity contribution is 5.94. The van der Waals surface area contributed by atoms with E-state index in [1.165, 1.54) is 0 Å². The first-order valence-corrected chi connectivity index (χ1v) is 11.2. The second-order valence-electron chi connectivity index (χ2n) is 8.45. The fraction of sp³-hybridized carbons (Fsp3) is 0.296. The van der Waals surface area contributed by atoms with Gasteiger partial charge in [0.2, 0.25) is 5.91 Å². The lowest BCUT2D eigenvalue weighted by atomic mass is 9.73. The Morgan fingerprint density at radius 2 is 1.84 bits per heavy atom. The van der Waals surface area contributed by atoms with Gasteiger partial charge < -0.3 is 10.2 Å². The number of nitrogens with zero attached hydrogens (tertiary/aromatic N) is 2. The minimum absolute atomic E-state index is 0.0220. The van der Waals surface area contributed by atoms with Crippen LogP contribution >= 0.6 is 0 Å². The van der Waals surface area contributed by atoms with E-state index in [9.17, 15) is 9.59 Å². The van der Waals surface area contributed by atoms with Crippen LogP contribution in [-0.4, -0.2) is 41.3 Å². The van der Waals surface area contributed by atoms with Gasteiger partial charge in [-0.05, 0) is 55.0 Å². The van der Waals surface area contributed by atoms with E-state index in [2.05, 4.69) is 40.6 Å². The van der Waals surface area contributed by atoms with Crippen molar-refractivity contribution in [2.75, 3.05) is 19.6 Å². The van der Waals surface area contributed by atoms with Crippen molar-refractivity contribution in [2.24, 2.45) is 5.41 Å². The van der Waals surface area contributed by atoms with E-state index in [0.29, 0.717) is 31.6 Å². The number of aromatic nitrogens is 1. The van der Waals surface area contributed by atoms with E-state index < -0.39 is 5.41 Å². The van der Waals surface area contributed by atoms with Gasteiger partial charge in [-0.25, -0.2) is 0 Å². The standard InChI is InChI=1S/C27H29N3O2/c1-2-29-26(32)27(14-8-16-30(20-27)25(31)24-13-7-15-28-19-24)18-21-9-6-12-23(17-21)22-10-4-3-5-11-22/h3-7,9-13,15,17,19H,2,8,14,16,18,20H2,1H3,(H,29,32)/t27-/m0/s1. The van der Waals surface area contributed by atoms with E-state index in [0.717, 1.165) is 29.5 Å². The predicted molar refractivity (Wildman–Crippen MR) is 126 cm³/mol. The normalized spacial score (nSPS) is 18.2. The van der Waals surface area contributed by atoms with E-state index in [1.54, 1.807) is 24.5 Å². The summed E-state index contributed by atoms with van der Waals surface area (Å²) in [6.07, 6.45) is 5.39. The Morgan fingerprint density at radius 3 is 2.59 bits per heavy atom. The number of carbonyl (C=O) groups is 2. The summed E-state index contributed by atoms with van der Waals surface area (Å²) >= 11 is 0. The third-order valence-electron chi connectivity index (χ3n) is 6.17. The van der Waals surface area contributed by atoms with E-state index in [-0.39, 0.29) is 11.8 Å². The molecule has 0 saturated carbocycles. The largest absolute Gasteiger partial charge is 0.356 e. The van der Waals surface area contributed by atoms with Crippen LogP contribution in [0.4, 0.5) is 0 Å². The van der Waals surface area contributed by atoms with Crippen LogP contribution in [0.5, 0.6) is 0 Å². The minimum atomic E-state index is -0.651. The van der Waals surface area contributed by atoms with Gasteiger partial charge in [0.15, 0.2) is 0 Å². The van der Waals surface area contributed by atoms with Crippen molar-refractivity contribution in [1.82, 2.24) is 15.2 Å². The SMILES string of the molecule is CCNC(=O)[C@]1(Cc2cccc(-c3ccccc3)c2)CCCN(C(=O)c2cccnc2)C1. The molecular formula is C27H29N3O2. The molecule has 0 aliphatic carbocycles. The lowest BCUT2D eigenvalue weighted by Gasteiger charge is -2.42. The highest BCUT2D eigenvalue weighted by Crippen LogP contribution is 2.35. The lowest BCUT2D eigenvalue weighted by Crippen LogP contribution is -2.54. The molecule has 0 radical (unpaired) electrons. The number of hydrogen-bond acceptors (Lipinski definition) is 3. The summed E-state index contributed by atoms with van der Waals surface area (Å²) in [5.74, 6) is -0.0432. The fourth-order valence-corrected chi connectivity index (χ4v) is 4.62. The monoisotopic (exact) mass is 427 g/mol. The first-order valence-electron chi connectivity index (χ1n) is 11.2. The van der Waals surface area contributed by atoms with E-state index in [4.69, 9.17) is 0 Å². The van der Waals surface area contributed by atoms with Gasteiger partial charge in [-0.3, -0.25) is 14.6 Å². The molecule has 0 bridgehead atoms. The van der Waals surface area contributed by atoms with Crippen molar-refractivity contribution in [3.8, 4) is 11.1 Å².